The third kappa shape index (κ3) is 22.0. The zero-order valence-electron chi connectivity index (χ0n) is 19.0. The molecule has 0 radical (unpaired) electrons. The number of unbranched alkanes of at least 4 members (excludes halogenated alkanes) is 9. The quantitative estimate of drug-likeness (QED) is 0.256. The van der Waals surface area contributed by atoms with Crippen molar-refractivity contribution in [1.82, 2.24) is 4.90 Å². The first-order valence-electron chi connectivity index (χ1n) is 10.9. The largest absolute Gasteiger partial charge is 0.397 e. The molecule has 0 saturated carbocycles. The van der Waals surface area contributed by atoms with E-state index in [1.807, 2.05) is 0 Å². The third-order valence-corrected chi connectivity index (χ3v) is 4.98. The smallest absolute Gasteiger partial charge is 0.296 e. The van der Waals surface area contributed by atoms with Crippen LogP contribution >= 0.6 is 0 Å². The number of nitrogens with zero attached hydrogens (tertiary/aromatic N) is 1. The second kappa shape index (κ2) is 17.9. The molecule has 27 heavy (non-hydrogen) atoms. The van der Waals surface area contributed by atoms with E-state index in [-0.39, 0.29) is 6.61 Å². The molecule has 0 saturated heterocycles. The summed E-state index contributed by atoms with van der Waals surface area (Å²) < 4.78 is 33.0. The Labute approximate surface area is 170 Å². The summed E-state index contributed by atoms with van der Waals surface area (Å²) in [5, 5.41) is 0. The molecule has 0 aliphatic rings. The van der Waals surface area contributed by atoms with Crippen LogP contribution in [0.1, 0.15) is 113 Å². The van der Waals surface area contributed by atoms with Crippen molar-refractivity contribution >= 4 is 10.4 Å². The summed E-state index contributed by atoms with van der Waals surface area (Å²) in [5.74, 6) is 0. The Morgan fingerprint density at radius 1 is 0.704 bits per heavy atom. The van der Waals surface area contributed by atoms with Crippen molar-refractivity contribution in [2.45, 2.75) is 131 Å². The molecular weight excluding hydrogens is 362 g/mol. The van der Waals surface area contributed by atoms with Gasteiger partial charge in [-0.2, -0.15) is 8.42 Å². The fraction of sp³-hybridized carbons (Fsp3) is 1.00. The van der Waals surface area contributed by atoms with Crippen molar-refractivity contribution in [3.8, 4) is 0 Å². The highest BCUT2D eigenvalue weighted by Crippen LogP contribution is 2.11. The summed E-state index contributed by atoms with van der Waals surface area (Å²) in [5.41, 5.74) is 0. The van der Waals surface area contributed by atoms with Crippen molar-refractivity contribution in [3.05, 3.63) is 0 Å². The molecule has 5 nitrogen and oxygen atoms in total. The van der Waals surface area contributed by atoms with Gasteiger partial charge < -0.3 is 0 Å². The van der Waals surface area contributed by atoms with E-state index < -0.39 is 10.4 Å². The van der Waals surface area contributed by atoms with E-state index in [2.05, 4.69) is 57.5 Å². The maximum Gasteiger partial charge on any atom is 0.397 e. The molecule has 0 fully saturated rings. The van der Waals surface area contributed by atoms with Crippen LogP contribution in [0.5, 0.6) is 0 Å². The van der Waals surface area contributed by atoms with Gasteiger partial charge in [-0.3, -0.25) is 9.45 Å². The van der Waals surface area contributed by atoms with E-state index in [1.165, 1.54) is 44.9 Å². The van der Waals surface area contributed by atoms with Gasteiger partial charge >= 0.3 is 10.4 Å². The van der Waals surface area contributed by atoms with Gasteiger partial charge in [0.25, 0.3) is 0 Å². The maximum atomic E-state index is 10.2. The van der Waals surface area contributed by atoms with Crippen LogP contribution in [-0.4, -0.2) is 42.6 Å². The highest BCUT2D eigenvalue weighted by Gasteiger charge is 2.15. The summed E-state index contributed by atoms with van der Waals surface area (Å²) in [7, 11) is -4.23. The Balaban J connectivity index is 0. The molecule has 0 aromatic rings. The summed E-state index contributed by atoms with van der Waals surface area (Å²) in [6.07, 6.45) is 11.9. The highest BCUT2D eigenvalue weighted by atomic mass is 32.3. The molecule has 0 aliphatic carbocycles. The second-order valence-corrected chi connectivity index (χ2v) is 9.25. The van der Waals surface area contributed by atoms with Gasteiger partial charge in [0.05, 0.1) is 6.61 Å². The molecule has 6 heteroatoms. The van der Waals surface area contributed by atoms with Crippen LogP contribution in [0.2, 0.25) is 0 Å². The van der Waals surface area contributed by atoms with Gasteiger partial charge in [-0.05, 0) is 48.0 Å². The first-order valence-corrected chi connectivity index (χ1v) is 12.3. The third-order valence-electron chi connectivity index (χ3n) is 4.52. The lowest BCUT2D eigenvalue weighted by atomic mass is 10.1. The van der Waals surface area contributed by atoms with Crippen LogP contribution in [-0.2, 0) is 14.6 Å². The van der Waals surface area contributed by atoms with Crippen molar-refractivity contribution in [1.29, 1.82) is 0 Å². The molecule has 0 rings (SSSR count). The summed E-state index contributed by atoms with van der Waals surface area (Å²) in [4.78, 5) is 2.50. The predicted octanol–water partition coefficient (Wildman–Crippen LogP) is 6.24. The summed E-state index contributed by atoms with van der Waals surface area (Å²) in [6, 6.07) is 2.00. The first-order chi connectivity index (χ1) is 12.5. The van der Waals surface area contributed by atoms with E-state index in [1.54, 1.807) is 0 Å². The average Bonchev–Trinajstić information content (AvgIpc) is 2.51. The van der Waals surface area contributed by atoms with Crippen LogP contribution in [0.25, 0.3) is 0 Å². The number of rotatable bonds is 15. The van der Waals surface area contributed by atoms with Gasteiger partial charge in [-0.25, -0.2) is 4.18 Å². The van der Waals surface area contributed by atoms with Crippen LogP contribution in [0.4, 0.5) is 0 Å². The van der Waals surface area contributed by atoms with Gasteiger partial charge in [-0.15, -0.1) is 0 Å². The van der Waals surface area contributed by atoms with Crippen LogP contribution in [0, 0.1) is 0 Å². The fourth-order valence-electron chi connectivity index (χ4n) is 3.54. The topological polar surface area (TPSA) is 66.8 Å². The molecule has 0 heterocycles. The van der Waals surface area contributed by atoms with Gasteiger partial charge in [0.2, 0.25) is 0 Å². The molecule has 0 spiro atoms. The Kier molecular flexibility index (Phi) is 19.2. The minimum atomic E-state index is -4.23. The average molecular weight is 410 g/mol. The minimum Gasteiger partial charge on any atom is -0.296 e. The fourth-order valence-corrected chi connectivity index (χ4v) is 3.87. The SMILES string of the molecule is CC(C)N(C(C)C)C(C)C.CCCCCCCCCCCCOS(=O)(=O)O. The molecule has 1 N–H and O–H groups in total. The Morgan fingerprint density at radius 2 is 1.04 bits per heavy atom. The van der Waals surface area contributed by atoms with E-state index >= 15 is 0 Å². The molecule has 0 aromatic heterocycles. The van der Waals surface area contributed by atoms with Crippen LogP contribution in [0.3, 0.4) is 0 Å². The standard InChI is InChI=1S/C12H26O4S.C9H21N/c1-2-3-4-5-6-7-8-9-10-11-12-16-17(13,14)15;1-7(2)10(8(3)4)9(5)6/h2-12H2,1H3,(H,13,14,15);7-9H,1-6H3. The molecule has 0 unspecified atom stereocenters. The first kappa shape index (κ1) is 29.0. The van der Waals surface area contributed by atoms with E-state index in [0.29, 0.717) is 24.5 Å². The normalized spacial score (nSPS) is 12.1. The van der Waals surface area contributed by atoms with Gasteiger partial charge in [0, 0.05) is 18.1 Å². The zero-order chi connectivity index (χ0) is 21.3. The van der Waals surface area contributed by atoms with Crippen molar-refractivity contribution in [3.63, 3.8) is 0 Å². The predicted molar refractivity (Wildman–Crippen MR) is 117 cm³/mol. The van der Waals surface area contributed by atoms with Gasteiger partial charge in [-0.1, -0.05) is 64.7 Å². The van der Waals surface area contributed by atoms with Gasteiger partial charge in [0.1, 0.15) is 0 Å². The summed E-state index contributed by atoms with van der Waals surface area (Å²) >= 11 is 0. The van der Waals surface area contributed by atoms with E-state index in [9.17, 15) is 8.42 Å². The van der Waals surface area contributed by atoms with E-state index in [0.717, 1.165) is 12.8 Å². The Hall–Kier alpha value is -0.170. The van der Waals surface area contributed by atoms with Gasteiger partial charge in [0.15, 0.2) is 0 Å². The lowest BCUT2D eigenvalue weighted by molar-refractivity contribution is 0.133. The molecule has 166 valence electrons. The zero-order valence-corrected chi connectivity index (χ0v) is 19.9. The van der Waals surface area contributed by atoms with Crippen molar-refractivity contribution < 1.29 is 17.2 Å². The maximum absolute atomic E-state index is 10.2. The highest BCUT2D eigenvalue weighted by molar-refractivity contribution is 7.80. The van der Waals surface area contributed by atoms with Crippen molar-refractivity contribution in [2.24, 2.45) is 0 Å². The number of hydrogen-bond acceptors (Lipinski definition) is 4. The molecular formula is C21H47NO4S. The summed E-state index contributed by atoms with van der Waals surface area (Å²) in [6.45, 7) is 15.8. The second-order valence-electron chi connectivity index (χ2n) is 8.16. The van der Waals surface area contributed by atoms with Crippen molar-refractivity contribution in [2.75, 3.05) is 6.61 Å². The van der Waals surface area contributed by atoms with Crippen LogP contribution in [0.15, 0.2) is 0 Å². The molecule has 0 bridgehead atoms. The van der Waals surface area contributed by atoms with E-state index in [4.69, 9.17) is 4.55 Å². The molecule has 0 atom stereocenters. The lowest BCUT2D eigenvalue weighted by Gasteiger charge is -2.34. The lowest BCUT2D eigenvalue weighted by Crippen LogP contribution is -2.42. The van der Waals surface area contributed by atoms with Crippen LogP contribution < -0.4 is 0 Å². The minimum absolute atomic E-state index is 0.0926. The number of hydrogen-bond donors (Lipinski definition) is 1. The monoisotopic (exact) mass is 409 g/mol. The Morgan fingerprint density at radius 3 is 1.30 bits per heavy atom. The molecule has 0 aliphatic heterocycles. The Bertz CT molecular complexity index is 389. The molecule has 0 amide bonds. The molecule has 0 aromatic carbocycles.